The van der Waals surface area contributed by atoms with Crippen LogP contribution in [0.15, 0.2) is 18.2 Å². The lowest BCUT2D eigenvalue weighted by Gasteiger charge is -2.27. The zero-order valence-electron chi connectivity index (χ0n) is 14.2. The maximum Gasteiger partial charge on any atom is 0.250 e. The minimum absolute atomic E-state index is 0.0298. The fourth-order valence-electron chi connectivity index (χ4n) is 2.15. The zero-order chi connectivity index (χ0) is 19.5. The summed E-state index contributed by atoms with van der Waals surface area (Å²) in [7, 11) is 0. The Kier molecular flexibility index (Phi) is 6.60. The molecule has 5 nitrogen and oxygen atoms in total. The lowest BCUT2D eigenvalue weighted by atomic mass is 9.94. The van der Waals surface area contributed by atoms with Gasteiger partial charge in [0.2, 0.25) is 9.74 Å². The number of nitrogens with two attached hydrogens (primary N) is 1. The van der Waals surface area contributed by atoms with Crippen LogP contribution in [0.2, 0.25) is 0 Å². The lowest BCUT2D eigenvalue weighted by Crippen LogP contribution is -2.45. The van der Waals surface area contributed by atoms with Gasteiger partial charge < -0.3 is 11.1 Å². The molecule has 142 valence electrons. The Hall–Kier alpha value is -1.28. The second-order valence-corrected chi connectivity index (χ2v) is 8.17. The number of anilines is 1. The fourth-order valence-corrected chi connectivity index (χ4v) is 2.40. The largest absolute Gasteiger partial charge is 0.352 e. The third-order valence-corrected chi connectivity index (χ3v) is 4.52. The van der Waals surface area contributed by atoms with Crippen molar-refractivity contribution in [3.63, 3.8) is 0 Å². The van der Waals surface area contributed by atoms with Crippen LogP contribution >= 0.6 is 34.8 Å². The summed E-state index contributed by atoms with van der Waals surface area (Å²) in [4.78, 5) is 12.3. The number of rotatable bonds is 6. The number of benzene rings is 1. The first-order chi connectivity index (χ1) is 12.1. The average Bonchev–Trinajstić information content (AvgIpc) is 2.58. The standard InChI is InChI=1S/C16H18Cl3F2N5/c1-3-15(22,4-2)8-23-14-25-12(24-13(26-14)16(17,18)19)9-5-10(20)7-11(21)6-9/h5-7H,3-4,8,22H2,1-2H3,(H,23,24,25,26). The molecule has 1 aromatic heterocycles. The molecule has 3 N–H and O–H groups in total. The van der Waals surface area contributed by atoms with Gasteiger partial charge in [-0.2, -0.15) is 9.97 Å². The van der Waals surface area contributed by atoms with Crippen molar-refractivity contribution >= 4 is 40.8 Å². The Balaban J connectivity index is 2.46. The van der Waals surface area contributed by atoms with Crippen LogP contribution < -0.4 is 11.1 Å². The van der Waals surface area contributed by atoms with Gasteiger partial charge in [-0.05, 0) is 25.0 Å². The van der Waals surface area contributed by atoms with Gasteiger partial charge in [-0.25, -0.2) is 13.8 Å². The van der Waals surface area contributed by atoms with Gasteiger partial charge in [-0.15, -0.1) is 0 Å². The van der Waals surface area contributed by atoms with E-state index in [4.69, 9.17) is 40.5 Å². The molecule has 2 aromatic rings. The van der Waals surface area contributed by atoms with Crippen molar-refractivity contribution in [1.29, 1.82) is 0 Å². The van der Waals surface area contributed by atoms with E-state index in [0.717, 1.165) is 31.0 Å². The first-order valence-corrected chi connectivity index (χ1v) is 9.02. The molecule has 0 spiro atoms. The van der Waals surface area contributed by atoms with E-state index in [2.05, 4.69) is 20.3 Å². The minimum Gasteiger partial charge on any atom is -0.352 e. The van der Waals surface area contributed by atoms with Crippen molar-refractivity contribution in [3.8, 4) is 11.4 Å². The zero-order valence-corrected chi connectivity index (χ0v) is 16.4. The SMILES string of the molecule is CCC(N)(CC)CNc1nc(-c2cc(F)cc(F)c2)nc(C(Cl)(Cl)Cl)n1. The molecule has 1 aromatic carbocycles. The Morgan fingerprint density at radius 1 is 1.00 bits per heavy atom. The van der Waals surface area contributed by atoms with Gasteiger partial charge in [-0.1, -0.05) is 48.7 Å². The van der Waals surface area contributed by atoms with Gasteiger partial charge in [0, 0.05) is 23.7 Å². The summed E-state index contributed by atoms with van der Waals surface area (Å²) in [5.41, 5.74) is 5.86. The molecular formula is C16H18Cl3F2N5. The molecule has 0 radical (unpaired) electrons. The molecule has 0 amide bonds. The lowest BCUT2D eigenvalue weighted by molar-refractivity contribution is 0.417. The molecule has 2 rings (SSSR count). The van der Waals surface area contributed by atoms with Crippen molar-refractivity contribution in [3.05, 3.63) is 35.7 Å². The van der Waals surface area contributed by atoms with Gasteiger partial charge in [0.1, 0.15) is 11.6 Å². The van der Waals surface area contributed by atoms with Crippen LogP contribution in [0.1, 0.15) is 32.5 Å². The van der Waals surface area contributed by atoms with Gasteiger partial charge >= 0.3 is 0 Å². The minimum atomic E-state index is -1.94. The van der Waals surface area contributed by atoms with Crippen LogP contribution in [-0.4, -0.2) is 27.0 Å². The monoisotopic (exact) mass is 423 g/mol. The molecule has 1 heterocycles. The van der Waals surface area contributed by atoms with Crippen LogP contribution in [0.4, 0.5) is 14.7 Å². The number of alkyl halides is 3. The van der Waals surface area contributed by atoms with Gasteiger partial charge in [0.25, 0.3) is 0 Å². The summed E-state index contributed by atoms with van der Waals surface area (Å²) in [5.74, 6) is -1.66. The van der Waals surface area contributed by atoms with Gasteiger partial charge in [0.05, 0.1) is 0 Å². The Bertz CT molecular complexity index is 759. The quantitative estimate of drug-likeness (QED) is 0.664. The predicted molar refractivity (Wildman–Crippen MR) is 100 cm³/mol. The molecule has 0 aliphatic rings. The van der Waals surface area contributed by atoms with Crippen LogP contribution in [-0.2, 0) is 3.79 Å². The van der Waals surface area contributed by atoms with Crippen LogP contribution in [0.25, 0.3) is 11.4 Å². The number of aromatic nitrogens is 3. The second kappa shape index (κ2) is 8.17. The number of nitrogens with zero attached hydrogens (tertiary/aromatic N) is 3. The highest BCUT2D eigenvalue weighted by molar-refractivity contribution is 6.66. The van der Waals surface area contributed by atoms with E-state index in [-0.39, 0.29) is 23.2 Å². The number of hydrogen-bond acceptors (Lipinski definition) is 5. The van der Waals surface area contributed by atoms with Crippen molar-refractivity contribution in [2.24, 2.45) is 5.73 Å². The van der Waals surface area contributed by atoms with E-state index in [9.17, 15) is 8.78 Å². The molecule has 0 atom stereocenters. The van der Waals surface area contributed by atoms with E-state index in [0.29, 0.717) is 6.54 Å². The Morgan fingerprint density at radius 2 is 1.58 bits per heavy atom. The van der Waals surface area contributed by atoms with Crippen molar-refractivity contribution in [2.75, 3.05) is 11.9 Å². The first-order valence-electron chi connectivity index (χ1n) is 7.89. The van der Waals surface area contributed by atoms with E-state index in [1.54, 1.807) is 0 Å². The number of nitrogens with one attached hydrogen (secondary N) is 1. The van der Waals surface area contributed by atoms with Crippen LogP contribution in [0.3, 0.4) is 0 Å². The Morgan fingerprint density at radius 3 is 2.08 bits per heavy atom. The highest BCUT2D eigenvalue weighted by Crippen LogP contribution is 2.37. The summed E-state index contributed by atoms with van der Waals surface area (Å²) in [6.07, 6.45) is 1.45. The highest BCUT2D eigenvalue weighted by atomic mass is 35.6. The van der Waals surface area contributed by atoms with Crippen LogP contribution in [0, 0.1) is 11.6 Å². The molecular weight excluding hydrogens is 407 g/mol. The topological polar surface area (TPSA) is 76.7 Å². The van der Waals surface area contributed by atoms with Crippen molar-refractivity contribution in [2.45, 2.75) is 36.0 Å². The summed E-state index contributed by atoms with van der Waals surface area (Å²) in [6.45, 7) is 4.29. The second-order valence-electron chi connectivity index (χ2n) is 5.89. The third-order valence-electron chi connectivity index (χ3n) is 4.02. The summed E-state index contributed by atoms with van der Waals surface area (Å²) < 4.78 is 25.1. The smallest absolute Gasteiger partial charge is 0.250 e. The maximum atomic E-state index is 13.5. The summed E-state index contributed by atoms with van der Waals surface area (Å²) in [6, 6.07) is 2.90. The molecule has 0 saturated carbocycles. The van der Waals surface area contributed by atoms with E-state index < -0.39 is 21.0 Å². The van der Waals surface area contributed by atoms with Crippen molar-refractivity contribution in [1.82, 2.24) is 15.0 Å². The van der Waals surface area contributed by atoms with Crippen LogP contribution in [0.5, 0.6) is 0 Å². The molecule has 0 saturated heterocycles. The first kappa shape index (κ1) is 21.0. The number of halogens is 5. The van der Waals surface area contributed by atoms with E-state index in [1.807, 2.05) is 13.8 Å². The highest BCUT2D eigenvalue weighted by Gasteiger charge is 2.29. The molecule has 0 aliphatic heterocycles. The van der Waals surface area contributed by atoms with E-state index >= 15 is 0 Å². The van der Waals surface area contributed by atoms with Gasteiger partial charge in [0.15, 0.2) is 11.6 Å². The summed E-state index contributed by atoms with van der Waals surface area (Å²) in [5, 5.41) is 2.99. The molecule has 26 heavy (non-hydrogen) atoms. The van der Waals surface area contributed by atoms with Gasteiger partial charge in [-0.3, -0.25) is 0 Å². The normalized spacial score (nSPS) is 12.3. The Labute approximate surface area is 165 Å². The third kappa shape index (κ3) is 5.36. The molecule has 0 fully saturated rings. The number of hydrogen-bond donors (Lipinski definition) is 2. The van der Waals surface area contributed by atoms with E-state index in [1.165, 1.54) is 0 Å². The fraction of sp³-hybridized carbons (Fsp3) is 0.438. The summed E-state index contributed by atoms with van der Waals surface area (Å²) >= 11 is 17.6. The average molecular weight is 425 g/mol. The molecule has 0 unspecified atom stereocenters. The molecule has 0 bridgehead atoms. The molecule has 0 aliphatic carbocycles. The van der Waals surface area contributed by atoms with Crippen molar-refractivity contribution < 1.29 is 8.78 Å². The maximum absolute atomic E-state index is 13.5. The molecule has 10 heteroatoms. The predicted octanol–water partition coefficient (Wildman–Crippen LogP) is 4.57.